The largest absolute Gasteiger partial charge is 0.416 e. The molecule has 0 saturated carbocycles. The molecule has 1 fully saturated rings. The predicted molar refractivity (Wildman–Crippen MR) is 86.0 cm³/mol. The molecule has 1 aromatic carbocycles. The van der Waals surface area contributed by atoms with E-state index in [0.29, 0.717) is 12.0 Å². The summed E-state index contributed by atoms with van der Waals surface area (Å²) in [5.74, 6) is 0.575. The van der Waals surface area contributed by atoms with Crippen molar-refractivity contribution in [3.8, 4) is 0 Å². The number of alkyl halides is 3. The molecule has 0 bridgehead atoms. The molecule has 0 aliphatic carbocycles. The van der Waals surface area contributed by atoms with Crippen molar-refractivity contribution in [2.45, 2.75) is 38.9 Å². The Labute approximate surface area is 139 Å². The second kappa shape index (κ2) is 7.38. The van der Waals surface area contributed by atoms with E-state index < -0.39 is 22.4 Å². The van der Waals surface area contributed by atoms with Crippen molar-refractivity contribution in [3.63, 3.8) is 0 Å². The van der Waals surface area contributed by atoms with E-state index in [1.807, 2.05) is 0 Å². The maximum atomic E-state index is 12.7. The van der Waals surface area contributed by atoms with Gasteiger partial charge in [0.1, 0.15) is 5.69 Å². The van der Waals surface area contributed by atoms with Gasteiger partial charge in [-0.2, -0.15) is 13.2 Å². The first-order valence-electron chi connectivity index (χ1n) is 8.01. The van der Waals surface area contributed by atoms with Crippen LogP contribution < -0.4 is 5.32 Å². The molecule has 1 aliphatic rings. The highest BCUT2D eigenvalue weighted by molar-refractivity contribution is 5.63. The van der Waals surface area contributed by atoms with E-state index >= 15 is 0 Å². The second-order valence-electron chi connectivity index (χ2n) is 6.60. The van der Waals surface area contributed by atoms with Crippen LogP contribution in [-0.2, 0) is 6.18 Å². The maximum absolute atomic E-state index is 12.7. The fourth-order valence-corrected chi connectivity index (χ4v) is 2.98. The van der Waals surface area contributed by atoms with E-state index in [1.165, 1.54) is 0 Å². The van der Waals surface area contributed by atoms with E-state index in [9.17, 15) is 23.3 Å². The predicted octanol–water partition coefficient (Wildman–Crippen LogP) is 4.15. The number of nitro groups is 1. The third-order valence-corrected chi connectivity index (χ3v) is 4.09. The van der Waals surface area contributed by atoms with Crippen molar-refractivity contribution in [2.75, 3.05) is 25.0 Å². The fraction of sp³-hybridized carbons (Fsp3) is 0.625. The number of rotatable bonds is 5. The van der Waals surface area contributed by atoms with Crippen LogP contribution in [0.3, 0.4) is 0 Å². The molecule has 0 amide bonds. The van der Waals surface area contributed by atoms with Crippen molar-refractivity contribution < 1.29 is 18.1 Å². The summed E-state index contributed by atoms with van der Waals surface area (Å²) in [6, 6.07) is 2.66. The number of nitrogens with one attached hydrogen (secondary N) is 1. The summed E-state index contributed by atoms with van der Waals surface area (Å²) in [5, 5.41) is 14.2. The molecule has 1 saturated heterocycles. The first kappa shape index (κ1) is 18.5. The standard InChI is InChI=1S/C16H22F3N3O2/c1-11(2)10-21-7-5-13(6-8-21)20-14-4-3-12(16(17,18)19)9-15(14)22(23)24/h3-4,9,11,13,20H,5-8,10H2,1-2H3. The quantitative estimate of drug-likeness (QED) is 0.643. The molecular weight excluding hydrogens is 323 g/mol. The molecule has 1 heterocycles. The minimum absolute atomic E-state index is 0.0313. The maximum Gasteiger partial charge on any atom is 0.416 e. The number of nitro benzene ring substituents is 1. The Morgan fingerprint density at radius 3 is 2.46 bits per heavy atom. The summed E-state index contributed by atoms with van der Waals surface area (Å²) in [6.07, 6.45) is -2.97. The molecule has 1 N–H and O–H groups in total. The Bertz CT molecular complexity index is 582. The van der Waals surface area contributed by atoms with Gasteiger partial charge in [0, 0.05) is 31.7 Å². The highest BCUT2D eigenvalue weighted by Crippen LogP contribution is 2.35. The molecule has 0 radical (unpaired) electrons. The zero-order valence-corrected chi connectivity index (χ0v) is 13.8. The molecule has 2 rings (SSSR count). The van der Waals surface area contributed by atoms with E-state index in [2.05, 4.69) is 24.1 Å². The Morgan fingerprint density at radius 1 is 1.33 bits per heavy atom. The van der Waals surface area contributed by atoms with E-state index in [1.54, 1.807) is 0 Å². The summed E-state index contributed by atoms with van der Waals surface area (Å²) in [6.45, 7) is 7.06. The molecule has 0 atom stereocenters. The third-order valence-electron chi connectivity index (χ3n) is 4.09. The summed E-state index contributed by atoms with van der Waals surface area (Å²) >= 11 is 0. The number of anilines is 1. The van der Waals surface area contributed by atoms with Gasteiger partial charge in [-0.25, -0.2) is 0 Å². The van der Waals surface area contributed by atoms with Crippen LogP contribution in [0.4, 0.5) is 24.5 Å². The molecule has 1 aromatic rings. The van der Waals surface area contributed by atoms with Gasteiger partial charge in [-0.1, -0.05) is 13.8 Å². The second-order valence-corrected chi connectivity index (χ2v) is 6.60. The van der Waals surface area contributed by atoms with Crippen LogP contribution in [0.1, 0.15) is 32.3 Å². The molecule has 134 valence electrons. The topological polar surface area (TPSA) is 58.4 Å². The number of benzene rings is 1. The van der Waals surface area contributed by atoms with E-state index in [4.69, 9.17) is 0 Å². The van der Waals surface area contributed by atoms with Crippen LogP contribution in [0.15, 0.2) is 18.2 Å². The first-order valence-corrected chi connectivity index (χ1v) is 8.01. The minimum atomic E-state index is -4.59. The molecule has 5 nitrogen and oxygen atoms in total. The average Bonchev–Trinajstić information content (AvgIpc) is 2.47. The number of hydrogen-bond donors (Lipinski definition) is 1. The molecular formula is C16H22F3N3O2. The smallest absolute Gasteiger partial charge is 0.377 e. The van der Waals surface area contributed by atoms with Crippen LogP contribution in [-0.4, -0.2) is 35.5 Å². The molecule has 24 heavy (non-hydrogen) atoms. The highest BCUT2D eigenvalue weighted by Gasteiger charge is 2.33. The van der Waals surface area contributed by atoms with Crippen LogP contribution >= 0.6 is 0 Å². The van der Waals surface area contributed by atoms with Gasteiger partial charge in [0.2, 0.25) is 0 Å². The van der Waals surface area contributed by atoms with Crippen molar-refractivity contribution in [2.24, 2.45) is 5.92 Å². The Hall–Kier alpha value is -1.83. The van der Waals surface area contributed by atoms with Crippen LogP contribution in [0.5, 0.6) is 0 Å². The number of hydrogen-bond acceptors (Lipinski definition) is 4. The average molecular weight is 345 g/mol. The van der Waals surface area contributed by atoms with Crippen LogP contribution in [0.25, 0.3) is 0 Å². The number of nitrogens with zero attached hydrogens (tertiary/aromatic N) is 2. The number of piperidine rings is 1. The lowest BCUT2D eigenvalue weighted by Crippen LogP contribution is -2.40. The van der Waals surface area contributed by atoms with Crippen molar-refractivity contribution in [1.29, 1.82) is 0 Å². The number of likely N-dealkylation sites (tertiary alicyclic amines) is 1. The molecule has 8 heteroatoms. The van der Waals surface area contributed by atoms with Gasteiger partial charge in [0.25, 0.3) is 5.69 Å². The van der Waals surface area contributed by atoms with Crippen molar-refractivity contribution in [3.05, 3.63) is 33.9 Å². The van der Waals surface area contributed by atoms with Gasteiger partial charge < -0.3 is 10.2 Å². The van der Waals surface area contributed by atoms with Gasteiger partial charge in [0.05, 0.1) is 10.5 Å². The monoisotopic (exact) mass is 345 g/mol. The lowest BCUT2D eigenvalue weighted by molar-refractivity contribution is -0.384. The third kappa shape index (κ3) is 4.83. The Balaban J connectivity index is 2.06. The SMILES string of the molecule is CC(C)CN1CCC(Nc2ccc(C(F)(F)F)cc2[N+](=O)[O-])CC1. The highest BCUT2D eigenvalue weighted by atomic mass is 19.4. The summed E-state index contributed by atoms with van der Waals surface area (Å²) < 4.78 is 38.2. The van der Waals surface area contributed by atoms with Gasteiger partial charge in [-0.3, -0.25) is 10.1 Å². The van der Waals surface area contributed by atoms with Gasteiger partial charge in [-0.15, -0.1) is 0 Å². The Morgan fingerprint density at radius 2 is 1.96 bits per heavy atom. The van der Waals surface area contributed by atoms with E-state index in [0.717, 1.165) is 44.6 Å². The van der Waals surface area contributed by atoms with Gasteiger partial charge in [0.15, 0.2) is 0 Å². The van der Waals surface area contributed by atoms with Gasteiger partial charge >= 0.3 is 6.18 Å². The van der Waals surface area contributed by atoms with Crippen molar-refractivity contribution >= 4 is 11.4 Å². The van der Waals surface area contributed by atoms with Crippen molar-refractivity contribution in [1.82, 2.24) is 4.90 Å². The summed E-state index contributed by atoms with van der Waals surface area (Å²) in [5.41, 5.74) is -1.39. The van der Waals surface area contributed by atoms with E-state index in [-0.39, 0.29) is 11.7 Å². The Kier molecular flexibility index (Phi) is 5.69. The van der Waals surface area contributed by atoms with Crippen LogP contribution in [0.2, 0.25) is 0 Å². The lowest BCUT2D eigenvalue weighted by Gasteiger charge is -2.33. The molecule has 1 aliphatic heterocycles. The summed E-state index contributed by atoms with van der Waals surface area (Å²) in [4.78, 5) is 12.7. The molecule has 0 spiro atoms. The first-order chi connectivity index (χ1) is 11.2. The normalized spacial score (nSPS) is 17.2. The fourth-order valence-electron chi connectivity index (χ4n) is 2.98. The summed E-state index contributed by atoms with van der Waals surface area (Å²) in [7, 11) is 0. The van der Waals surface area contributed by atoms with Gasteiger partial charge in [-0.05, 0) is 30.9 Å². The molecule has 0 unspecified atom stereocenters. The zero-order chi connectivity index (χ0) is 17.9. The lowest BCUT2D eigenvalue weighted by atomic mass is 10.0. The number of halogens is 3. The zero-order valence-electron chi connectivity index (χ0n) is 13.8. The van der Waals surface area contributed by atoms with Crippen LogP contribution in [0, 0.1) is 16.0 Å². The molecule has 0 aromatic heterocycles. The minimum Gasteiger partial charge on any atom is -0.377 e.